The van der Waals surface area contributed by atoms with Crippen LogP contribution in [0.25, 0.3) is 0 Å². The zero-order valence-corrected chi connectivity index (χ0v) is 18.8. The summed E-state index contributed by atoms with van der Waals surface area (Å²) in [5.74, 6) is 0.645. The van der Waals surface area contributed by atoms with Crippen molar-refractivity contribution < 1.29 is 19.4 Å². The highest BCUT2D eigenvalue weighted by Gasteiger charge is 2.40. The number of rotatable bonds is 6. The van der Waals surface area contributed by atoms with Gasteiger partial charge in [0, 0.05) is 36.7 Å². The Kier molecular flexibility index (Phi) is 7.45. The average Bonchev–Trinajstić information content (AvgIpc) is 3.03. The third-order valence-corrected chi connectivity index (χ3v) is 7.12. The van der Waals surface area contributed by atoms with Crippen molar-refractivity contribution in [2.75, 3.05) is 40.0 Å². The van der Waals surface area contributed by atoms with Gasteiger partial charge in [0.1, 0.15) is 5.75 Å². The van der Waals surface area contributed by atoms with Gasteiger partial charge in [0.25, 0.3) is 5.91 Å². The number of methoxy groups -OCH3 is 1. The molecule has 2 fully saturated rings. The number of hydrogen-bond acceptors (Lipinski definition) is 5. The first kappa shape index (κ1) is 22.8. The Balaban J connectivity index is 1.51. The van der Waals surface area contributed by atoms with Crippen molar-refractivity contribution in [1.82, 2.24) is 10.2 Å². The Bertz CT molecular complexity index is 867. The van der Waals surface area contributed by atoms with Crippen LogP contribution in [0.4, 0.5) is 0 Å². The van der Waals surface area contributed by atoms with Crippen LogP contribution in [0.5, 0.6) is 5.75 Å². The minimum Gasteiger partial charge on any atom is -0.497 e. The zero-order valence-electron chi connectivity index (χ0n) is 18.8. The lowest BCUT2D eigenvalue weighted by molar-refractivity contribution is -0.0236. The maximum Gasteiger partial charge on any atom is 0.251 e. The SMILES string of the molecule is COc1ccc(C(=O)NC[C@]2(c3ccccc3)CC[C@@H](O)[C@H](N3CCOCC3)CC2)cc1. The number of aliphatic hydroxyl groups excluding tert-OH is 1. The summed E-state index contributed by atoms with van der Waals surface area (Å²) in [7, 11) is 1.61. The molecule has 4 rings (SSSR count). The molecule has 0 radical (unpaired) electrons. The first-order valence-corrected chi connectivity index (χ1v) is 11.6. The lowest BCUT2D eigenvalue weighted by Crippen LogP contribution is -2.48. The van der Waals surface area contributed by atoms with Gasteiger partial charge in [-0.05, 0) is 55.5 Å². The summed E-state index contributed by atoms with van der Waals surface area (Å²) >= 11 is 0. The van der Waals surface area contributed by atoms with E-state index in [1.54, 1.807) is 31.4 Å². The van der Waals surface area contributed by atoms with Gasteiger partial charge in [0.2, 0.25) is 0 Å². The van der Waals surface area contributed by atoms with E-state index in [1.807, 2.05) is 6.07 Å². The minimum atomic E-state index is -0.365. The lowest BCUT2D eigenvalue weighted by atomic mass is 9.74. The second-order valence-corrected chi connectivity index (χ2v) is 8.92. The zero-order chi connectivity index (χ0) is 22.4. The lowest BCUT2D eigenvalue weighted by Gasteiger charge is -2.37. The van der Waals surface area contributed by atoms with Crippen molar-refractivity contribution >= 4 is 5.91 Å². The summed E-state index contributed by atoms with van der Waals surface area (Å²) in [5, 5.41) is 14.2. The molecule has 2 aliphatic rings. The molecule has 0 aromatic heterocycles. The fourth-order valence-electron chi connectivity index (χ4n) is 5.15. The monoisotopic (exact) mass is 438 g/mol. The third-order valence-electron chi connectivity index (χ3n) is 7.12. The molecule has 1 heterocycles. The first-order chi connectivity index (χ1) is 15.6. The molecule has 1 aliphatic heterocycles. The molecule has 6 nitrogen and oxygen atoms in total. The summed E-state index contributed by atoms with van der Waals surface area (Å²) in [6.45, 7) is 3.74. The highest BCUT2D eigenvalue weighted by atomic mass is 16.5. The van der Waals surface area contributed by atoms with Gasteiger partial charge in [-0.15, -0.1) is 0 Å². The number of carbonyl (C=O) groups is 1. The van der Waals surface area contributed by atoms with Gasteiger partial charge in [-0.3, -0.25) is 9.69 Å². The molecule has 32 heavy (non-hydrogen) atoms. The number of aliphatic hydroxyl groups is 1. The molecule has 1 aliphatic carbocycles. The van der Waals surface area contributed by atoms with E-state index in [9.17, 15) is 9.90 Å². The van der Waals surface area contributed by atoms with Crippen molar-refractivity contribution in [3.63, 3.8) is 0 Å². The molecule has 2 aromatic carbocycles. The van der Waals surface area contributed by atoms with Gasteiger partial charge in [0.05, 0.1) is 26.4 Å². The molecular weight excluding hydrogens is 404 g/mol. The first-order valence-electron chi connectivity index (χ1n) is 11.6. The van der Waals surface area contributed by atoms with E-state index in [0.29, 0.717) is 12.1 Å². The number of amides is 1. The fraction of sp³-hybridized carbons (Fsp3) is 0.500. The molecule has 1 amide bonds. The van der Waals surface area contributed by atoms with Gasteiger partial charge in [0.15, 0.2) is 0 Å². The van der Waals surface area contributed by atoms with Crippen LogP contribution < -0.4 is 10.1 Å². The molecule has 1 saturated heterocycles. The molecule has 6 heteroatoms. The van der Waals surface area contributed by atoms with E-state index in [0.717, 1.165) is 57.7 Å². The van der Waals surface area contributed by atoms with E-state index < -0.39 is 0 Å². The molecule has 3 atom stereocenters. The molecular formula is C26H34N2O4. The molecule has 0 bridgehead atoms. The second kappa shape index (κ2) is 10.5. The van der Waals surface area contributed by atoms with E-state index in [1.165, 1.54) is 5.56 Å². The van der Waals surface area contributed by atoms with E-state index in [2.05, 4.69) is 34.5 Å². The highest BCUT2D eigenvalue weighted by molar-refractivity contribution is 5.94. The van der Waals surface area contributed by atoms with Crippen molar-refractivity contribution in [2.24, 2.45) is 0 Å². The Morgan fingerprint density at radius 3 is 2.47 bits per heavy atom. The van der Waals surface area contributed by atoms with Crippen LogP contribution in [0, 0.1) is 0 Å². The average molecular weight is 439 g/mol. The van der Waals surface area contributed by atoms with Crippen LogP contribution in [-0.2, 0) is 10.2 Å². The fourth-order valence-corrected chi connectivity index (χ4v) is 5.15. The molecule has 2 N–H and O–H groups in total. The largest absolute Gasteiger partial charge is 0.497 e. The topological polar surface area (TPSA) is 71.0 Å². The predicted octanol–water partition coefficient (Wildman–Crippen LogP) is 3.00. The van der Waals surface area contributed by atoms with Crippen molar-refractivity contribution in [2.45, 2.75) is 43.2 Å². The normalized spacial score (nSPS) is 26.8. The van der Waals surface area contributed by atoms with E-state index in [4.69, 9.17) is 9.47 Å². The summed E-state index contributed by atoms with van der Waals surface area (Å²) < 4.78 is 10.7. The summed E-state index contributed by atoms with van der Waals surface area (Å²) in [4.78, 5) is 15.3. The summed E-state index contributed by atoms with van der Waals surface area (Å²) in [6, 6.07) is 17.8. The van der Waals surface area contributed by atoms with Gasteiger partial charge in [-0.1, -0.05) is 30.3 Å². The maximum absolute atomic E-state index is 12.9. The van der Waals surface area contributed by atoms with Gasteiger partial charge in [-0.25, -0.2) is 0 Å². The number of carbonyl (C=O) groups excluding carboxylic acids is 1. The second-order valence-electron chi connectivity index (χ2n) is 8.92. The maximum atomic E-state index is 12.9. The number of morpholine rings is 1. The van der Waals surface area contributed by atoms with Gasteiger partial charge in [-0.2, -0.15) is 0 Å². The smallest absolute Gasteiger partial charge is 0.251 e. The number of benzene rings is 2. The third kappa shape index (κ3) is 5.14. The van der Waals surface area contributed by atoms with Crippen LogP contribution in [0.15, 0.2) is 54.6 Å². The van der Waals surface area contributed by atoms with Crippen molar-refractivity contribution in [3.05, 3.63) is 65.7 Å². The molecule has 2 aromatic rings. The standard InChI is InChI=1S/C26H34N2O4/c1-31-22-9-7-20(8-10-22)25(30)27-19-26(21-5-3-2-4-6-21)13-11-23(24(29)12-14-26)28-15-17-32-18-16-28/h2-10,23-24,29H,11-19H2,1H3,(H,27,30)/t23-,24-,26-/m1/s1. The van der Waals surface area contributed by atoms with E-state index in [-0.39, 0.29) is 23.5 Å². The van der Waals surface area contributed by atoms with Crippen LogP contribution >= 0.6 is 0 Å². The Morgan fingerprint density at radius 2 is 1.78 bits per heavy atom. The Hall–Kier alpha value is -2.41. The van der Waals surface area contributed by atoms with Crippen LogP contribution in [0.3, 0.4) is 0 Å². The number of hydrogen-bond donors (Lipinski definition) is 2. The van der Waals surface area contributed by atoms with E-state index >= 15 is 0 Å². The molecule has 0 spiro atoms. The number of ether oxygens (including phenoxy) is 2. The Labute approximate surface area is 190 Å². The quantitative estimate of drug-likeness (QED) is 0.679. The summed E-state index contributed by atoms with van der Waals surface area (Å²) in [6.07, 6.45) is 3.00. The molecule has 0 unspecified atom stereocenters. The summed E-state index contributed by atoms with van der Waals surface area (Å²) in [5.41, 5.74) is 1.64. The van der Waals surface area contributed by atoms with Crippen LogP contribution in [0.1, 0.15) is 41.6 Å². The number of nitrogens with one attached hydrogen (secondary N) is 1. The van der Waals surface area contributed by atoms with Crippen LogP contribution in [-0.4, -0.2) is 68.0 Å². The minimum absolute atomic E-state index is 0.0857. The molecule has 1 saturated carbocycles. The Morgan fingerprint density at radius 1 is 1.09 bits per heavy atom. The van der Waals surface area contributed by atoms with Gasteiger partial charge >= 0.3 is 0 Å². The molecule has 172 valence electrons. The van der Waals surface area contributed by atoms with Crippen molar-refractivity contribution in [1.29, 1.82) is 0 Å². The highest BCUT2D eigenvalue weighted by Crippen LogP contribution is 2.39. The van der Waals surface area contributed by atoms with Crippen molar-refractivity contribution in [3.8, 4) is 5.75 Å². The predicted molar refractivity (Wildman–Crippen MR) is 124 cm³/mol. The number of nitrogens with zero attached hydrogens (tertiary/aromatic N) is 1. The van der Waals surface area contributed by atoms with Gasteiger partial charge < -0.3 is 19.9 Å². The van der Waals surface area contributed by atoms with Crippen LogP contribution in [0.2, 0.25) is 0 Å².